The first kappa shape index (κ1) is 12.2. The van der Waals surface area contributed by atoms with Gasteiger partial charge < -0.3 is 0 Å². The fourth-order valence-electron chi connectivity index (χ4n) is 1.55. The lowest BCUT2D eigenvalue weighted by molar-refractivity contribution is 0.103. The molecular weight excluding hydrogens is 237 g/mol. The van der Waals surface area contributed by atoms with Crippen LogP contribution in [0.5, 0.6) is 0 Å². The third-order valence-corrected chi connectivity index (χ3v) is 2.53. The number of aromatic nitrogens is 3. The highest BCUT2D eigenvalue weighted by atomic mass is 19.1. The zero-order valence-corrected chi connectivity index (χ0v) is 9.98. The van der Waals surface area contributed by atoms with Crippen molar-refractivity contribution in [1.82, 2.24) is 15.0 Å². The molecule has 2 aromatic rings. The van der Waals surface area contributed by atoms with E-state index in [2.05, 4.69) is 10.3 Å². The zero-order valence-electron chi connectivity index (χ0n) is 9.98. The Morgan fingerprint density at radius 1 is 1.33 bits per heavy atom. The van der Waals surface area contributed by atoms with Gasteiger partial charge in [-0.15, -0.1) is 5.10 Å². The second kappa shape index (κ2) is 4.56. The average Bonchev–Trinajstić information content (AvgIpc) is 2.71. The molecule has 0 bridgehead atoms. The molecule has 0 unspecified atom stereocenters. The molecular formula is C12H12FN3O2. The summed E-state index contributed by atoms with van der Waals surface area (Å²) in [4.78, 5) is 23.9. The number of hydrogen-bond acceptors (Lipinski definition) is 3. The van der Waals surface area contributed by atoms with E-state index in [1.165, 1.54) is 28.9 Å². The van der Waals surface area contributed by atoms with Crippen molar-refractivity contribution in [1.29, 1.82) is 0 Å². The van der Waals surface area contributed by atoms with Crippen molar-refractivity contribution in [3.05, 3.63) is 51.7 Å². The van der Waals surface area contributed by atoms with Crippen LogP contribution >= 0.6 is 0 Å². The summed E-state index contributed by atoms with van der Waals surface area (Å²) in [7, 11) is 0. The van der Waals surface area contributed by atoms with Gasteiger partial charge in [0.1, 0.15) is 5.82 Å². The molecule has 0 amide bonds. The van der Waals surface area contributed by atoms with Crippen molar-refractivity contribution >= 4 is 5.78 Å². The lowest BCUT2D eigenvalue weighted by Crippen LogP contribution is -2.23. The van der Waals surface area contributed by atoms with Gasteiger partial charge in [0.2, 0.25) is 5.78 Å². The summed E-state index contributed by atoms with van der Waals surface area (Å²) < 4.78 is 14.0. The fraction of sp³-hybridized carbons (Fsp3) is 0.250. The van der Waals surface area contributed by atoms with E-state index in [4.69, 9.17) is 0 Å². The lowest BCUT2D eigenvalue weighted by Gasteiger charge is -2.01. The van der Waals surface area contributed by atoms with Crippen LogP contribution in [0.15, 0.2) is 29.1 Å². The SMILES string of the molecule is CC(C)n1[nH]nc(C(=O)c2ccc(F)cc2)c1=O. The van der Waals surface area contributed by atoms with E-state index in [1.807, 2.05) is 0 Å². The third kappa shape index (κ3) is 2.09. The third-order valence-electron chi connectivity index (χ3n) is 2.53. The Labute approximate surface area is 102 Å². The van der Waals surface area contributed by atoms with Crippen LogP contribution in [0.25, 0.3) is 0 Å². The molecule has 0 aliphatic carbocycles. The van der Waals surface area contributed by atoms with Gasteiger partial charge in [-0.25, -0.2) is 14.3 Å². The van der Waals surface area contributed by atoms with Gasteiger partial charge in [0, 0.05) is 11.6 Å². The van der Waals surface area contributed by atoms with E-state index in [1.54, 1.807) is 13.8 Å². The molecule has 1 aromatic heterocycles. The van der Waals surface area contributed by atoms with E-state index < -0.39 is 17.2 Å². The monoisotopic (exact) mass is 249 g/mol. The van der Waals surface area contributed by atoms with Gasteiger partial charge in [0.15, 0.2) is 5.69 Å². The Morgan fingerprint density at radius 3 is 2.44 bits per heavy atom. The molecule has 1 aromatic carbocycles. The van der Waals surface area contributed by atoms with Gasteiger partial charge in [-0.3, -0.25) is 9.59 Å². The number of carbonyl (C=O) groups excluding carboxylic acids is 1. The Balaban J connectivity index is 2.41. The van der Waals surface area contributed by atoms with E-state index in [0.717, 1.165) is 0 Å². The number of nitrogens with zero attached hydrogens (tertiary/aromatic N) is 2. The molecule has 6 heteroatoms. The van der Waals surface area contributed by atoms with E-state index in [0.29, 0.717) is 0 Å². The minimum Gasteiger partial charge on any atom is -0.287 e. The van der Waals surface area contributed by atoms with Crippen molar-refractivity contribution in [2.24, 2.45) is 0 Å². The largest absolute Gasteiger partial charge is 0.298 e. The Bertz CT molecular complexity index is 626. The maximum atomic E-state index is 12.7. The molecule has 1 heterocycles. The van der Waals surface area contributed by atoms with E-state index in [-0.39, 0.29) is 17.3 Å². The molecule has 1 N–H and O–H groups in total. The second-order valence-electron chi connectivity index (χ2n) is 4.17. The van der Waals surface area contributed by atoms with Crippen LogP contribution in [0.4, 0.5) is 4.39 Å². The van der Waals surface area contributed by atoms with Crippen molar-refractivity contribution in [2.45, 2.75) is 19.9 Å². The quantitative estimate of drug-likeness (QED) is 0.838. The number of aromatic amines is 1. The maximum Gasteiger partial charge on any atom is 0.298 e. The van der Waals surface area contributed by atoms with Crippen LogP contribution in [0.3, 0.4) is 0 Å². The predicted molar refractivity (Wildman–Crippen MR) is 63.1 cm³/mol. The van der Waals surface area contributed by atoms with Gasteiger partial charge in [-0.2, -0.15) is 0 Å². The molecule has 0 spiro atoms. The van der Waals surface area contributed by atoms with Crippen LogP contribution < -0.4 is 5.56 Å². The molecule has 0 fully saturated rings. The molecule has 18 heavy (non-hydrogen) atoms. The number of halogens is 1. The first-order chi connectivity index (χ1) is 8.50. The van der Waals surface area contributed by atoms with E-state index in [9.17, 15) is 14.0 Å². The van der Waals surface area contributed by atoms with Gasteiger partial charge in [-0.1, -0.05) is 0 Å². The summed E-state index contributed by atoms with van der Waals surface area (Å²) in [5.74, 6) is -0.955. The summed E-state index contributed by atoms with van der Waals surface area (Å²) >= 11 is 0. The first-order valence-corrected chi connectivity index (χ1v) is 5.48. The summed E-state index contributed by atoms with van der Waals surface area (Å²) in [6.07, 6.45) is 0. The Hall–Kier alpha value is -2.24. The van der Waals surface area contributed by atoms with Crippen LogP contribution in [0.1, 0.15) is 35.9 Å². The predicted octanol–water partition coefficient (Wildman–Crippen LogP) is 1.52. The highest BCUT2D eigenvalue weighted by molar-refractivity contribution is 6.07. The summed E-state index contributed by atoms with van der Waals surface area (Å²) in [5, 5.41) is 6.21. The standard InChI is InChI=1S/C12H12FN3O2/c1-7(2)16-12(18)10(14-15-16)11(17)8-3-5-9(13)6-4-8/h3-7,15H,1-2H3. The molecule has 2 rings (SSSR count). The Kier molecular flexibility index (Phi) is 3.10. The first-order valence-electron chi connectivity index (χ1n) is 5.48. The zero-order chi connectivity index (χ0) is 13.3. The number of rotatable bonds is 3. The van der Waals surface area contributed by atoms with Crippen molar-refractivity contribution < 1.29 is 9.18 Å². The molecule has 0 saturated carbocycles. The lowest BCUT2D eigenvalue weighted by atomic mass is 10.1. The highest BCUT2D eigenvalue weighted by Gasteiger charge is 2.19. The molecule has 0 aliphatic rings. The van der Waals surface area contributed by atoms with Gasteiger partial charge >= 0.3 is 0 Å². The number of carbonyl (C=O) groups is 1. The summed E-state index contributed by atoms with van der Waals surface area (Å²) in [6, 6.07) is 4.87. The highest BCUT2D eigenvalue weighted by Crippen LogP contribution is 2.07. The van der Waals surface area contributed by atoms with Crippen molar-refractivity contribution in [3.63, 3.8) is 0 Å². The molecule has 5 nitrogen and oxygen atoms in total. The molecule has 0 saturated heterocycles. The number of benzene rings is 1. The minimum atomic E-state index is -0.518. The van der Waals surface area contributed by atoms with E-state index >= 15 is 0 Å². The van der Waals surface area contributed by atoms with Crippen LogP contribution in [-0.2, 0) is 0 Å². The van der Waals surface area contributed by atoms with Crippen LogP contribution in [0, 0.1) is 5.82 Å². The molecule has 0 aliphatic heterocycles. The smallest absolute Gasteiger partial charge is 0.287 e. The maximum absolute atomic E-state index is 12.7. The topological polar surface area (TPSA) is 67.8 Å². The summed E-state index contributed by atoms with van der Waals surface area (Å²) in [5.41, 5.74) is -0.425. The molecule has 94 valence electrons. The minimum absolute atomic E-state index is 0.111. The summed E-state index contributed by atoms with van der Waals surface area (Å²) in [6.45, 7) is 3.59. The average molecular weight is 249 g/mol. The second-order valence-corrected chi connectivity index (χ2v) is 4.17. The fourth-order valence-corrected chi connectivity index (χ4v) is 1.55. The number of nitrogens with one attached hydrogen (secondary N) is 1. The van der Waals surface area contributed by atoms with Gasteiger partial charge in [0.05, 0.1) is 0 Å². The van der Waals surface area contributed by atoms with Gasteiger partial charge in [0.25, 0.3) is 5.56 Å². The number of ketones is 1. The number of hydrogen-bond donors (Lipinski definition) is 1. The van der Waals surface area contributed by atoms with Crippen LogP contribution in [-0.4, -0.2) is 20.8 Å². The molecule has 0 radical (unpaired) electrons. The molecule has 0 atom stereocenters. The number of H-pyrrole nitrogens is 1. The Morgan fingerprint density at radius 2 is 1.94 bits per heavy atom. The van der Waals surface area contributed by atoms with Crippen molar-refractivity contribution in [2.75, 3.05) is 0 Å². The van der Waals surface area contributed by atoms with Crippen molar-refractivity contribution in [3.8, 4) is 0 Å². The normalized spacial score (nSPS) is 10.9. The van der Waals surface area contributed by atoms with Gasteiger partial charge in [-0.05, 0) is 38.1 Å². The van der Waals surface area contributed by atoms with Crippen LogP contribution in [0.2, 0.25) is 0 Å².